The Labute approximate surface area is 157 Å². The lowest BCUT2D eigenvalue weighted by molar-refractivity contribution is 0.0731. The van der Waals surface area contributed by atoms with E-state index in [0.29, 0.717) is 12.2 Å². The Balaban J connectivity index is 0.00000182. The second kappa shape index (κ2) is 7.52. The summed E-state index contributed by atoms with van der Waals surface area (Å²) in [4.78, 5) is 19.3. The number of thiazole rings is 1. The van der Waals surface area contributed by atoms with Gasteiger partial charge in [0.2, 0.25) is 0 Å². The van der Waals surface area contributed by atoms with Crippen molar-refractivity contribution in [2.24, 2.45) is 5.73 Å². The first-order chi connectivity index (χ1) is 11.8. The molecule has 0 radical (unpaired) electrons. The molecule has 4 rings (SSSR count). The number of hydrogen-bond acceptors (Lipinski definition) is 4. The number of rotatable bonds is 3. The maximum atomic E-state index is 12.9. The Bertz CT molecular complexity index is 890. The quantitative estimate of drug-likeness (QED) is 0.750. The van der Waals surface area contributed by atoms with Gasteiger partial charge in [-0.25, -0.2) is 4.98 Å². The molecule has 1 saturated heterocycles. The summed E-state index contributed by atoms with van der Waals surface area (Å²) in [5.74, 6) is 0.0152. The predicted octanol–water partition coefficient (Wildman–Crippen LogP) is 4.15. The van der Waals surface area contributed by atoms with E-state index in [1.807, 2.05) is 16.3 Å². The van der Waals surface area contributed by atoms with E-state index < -0.39 is 0 Å². The van der Waals surface area contributed by atoms with E-state index in [1.165, 1.54) is 27.7 Å². The predicted molar refractivity (Wildman–Crippen MR) is 104 cm³/mol. The van der Waals surface area contributed by atoms with E-state index in [-0.39, 0.29) is 24.4 Å². The maximum absolute atomic E-state index is 12.9. The molecule has 0 saturated carbocycles. The third kappa shape index (κ3) is 3.27. The van der Waals surface area contributed by atoms with Crippen LogP contribution in [0.1, 0.15) is 39.9 Å². The molecule has 3 aromatic rings. The highest BCUT2D eigenvalue weighted by atomic mass is 35.5. The second-order valence-electron chi connectivity index (χ2n) is 6.06. The number of carbonyl (C=O) groups is 1. The smallest absolute Gasteiger partial charge is 0.273 e. The van der Waals surface area contributed by atoms with E-state index >= 15 is 0 Å². The van der Waals surface area contributed by atoms with Gasteiger partial charge in [0.1, 0.15) is 10.7 Å². The van der Waals surface area contributed by atoms with Crippen molar-refractivity contribution in [1.82, 2.24) is 9.88 Å². The first-order valence-electron chi connectivity index (χ1n) is 8.21. The summed E-state index contributed by atoms with van der Waals surface area (Å²) < 4.78 is 0. The van der Waals surface area contributed by atoms with Crippen molar-refractivity contribution < 1.29 is 4.79 Å². The Morgan fingerprint density at radius 1 is 1.24 bits per heavy atom. The summed E-state index contributed by atoms with van der Waals surface area (Å²) in [5.41, 5.74) is 7.37. The van der Waals surface area contributed by atoms with Crippen molar-refractivity contribution >= 4 is 40.4 Å². The molecule has 6 heteroatoms. The lowest BCUT2D eigenvalue weighted by Gasteiger charge is -2.25. The molecule has 2 aromatic carbocycles. The first-order valence-corrected chi connectivity index (χ1v) is 9.09. The lowest BCUT2D eigenvalue weighted by atomic mass is 9.97. The Hall–Kier alpha value is -1.95. The van der Waals surface area contributed by atoms with Crippen molar-refractivity contribution in [2.45, 2.75) is 25.4 Å². The number of nitrogens with zero attached hydrogens (tertiary/aromatic N) is 2. The third-order valence-corrected chi connectivity index (χ3v) is 5.51. The molecule has 1 amide bonds. The fraction of sp³-hybridized carbons (Fsp3) is 0.263. The van der Waals surface area contributed by atoms with Gasteiger partial charge in [0.25, 0.3) is 5.91 Å². The minimum Gasteiger partial charge on any atom is -0.330 e. The number of amides is 1. The van der Waals surface area contributed by atoms with Crippen LogP contribution >= 0.6 is 23.7 Å². The zero-order chi connectivity index (χ0) is 16.5. The monoisotopic (exact) mass is 373 g/mol. The molecule has 2 heterocycles. The van der Waals surface area contributed by atoms with Crippen LogP contribution in [0.4, 0.5) is 0 Å². The number of likely N-dealkylation sites (tertiary alicyclic amines) is 1. The van der Waals surface area contributed by atoms with Crippen LogP contribution < -0.4 is 5.73 Å². The summed E-state index contributed by atoms with van der Waals surface area (Å²) >= 11 is 1.45. The zero-order valence-corrected chi connectivity index (χ0v) is 15.4. The van der Waals surface area contributed by atoms with Gasteiger partial charge >= 0.3 is 0 Å². The van der Waals surface area contributed by atoms with Crippen molar-refractivity contribution in [2.75, 3.05) is 6.54 Å². The summed E-state index contributed by atoms with van der Waals surface area (Å²) in [6.07, 6.45) is 2.02. The minimum absolute atomic E-state index is 0. The van der Waals surface area contributed by atoms with Crippen LogP contribution in [-0.4, -0.2) is 22.3 Å². The normalized spacial score (nSPS) is 16.8. The highest BCUT2D eigenvalue weighted by molar-refractivity contribution is 7.09. The Kier molecular flexibility index (Phi) is 5.37. The highest BCUT2D eigenvalue weighted by Crippen LogP contribution is 2.36. The molecule has 1 atom stereocenters. The summed E-state index contributed by atoms with van der Waals surface area (Å²) in [5, 5.41) is 5.07. The SMILES string of the molecule is Cl.NCc1nc(C(=O)N2CCCC2c2cccc3ccccc23)cs1. The minimum atomic E-state index is 0. The van der Waals surface area contributed by atoms with Gasteiger partial charge in [-0.2, -0.15) is 0 Å². The van der Waals surface area contributed by atoms with E-state index in [9.17, 15) is 4.79 Å². The van der Waals surface area contributed by atoms with E-state index in [1.54, 1.807) is 0 Å². The fourth-order valence-corrected chi connectivity index (χ4v) is 4.17. The summed E-state index contributed by atoms with van der Waals surface area (Å²) in [7, 11) is 0. The molecule has 1 aliphatic heterocycles. The van der Waals surface area contributed by atoms with Gasteiger partial charge in [0.15, 0.2) is 0 Å². The third-order valence-electron chi connectivity index (χ3n) is 4.64. The first kappa shape index (κ1) is 17.9. The largest absolute Gasteiger partial charge is 0.330 e. The lowest BCUT2D eigenvalue weighted by Crippen LogP contribution is -2.31. The van der Waals surface area contributed by atoms with Gasteiger partial charge in [0.05, 0.1) is 6.04 Å². The molecule has 2 N–H and O–H groups in total. The van der Waals surface area contributed by atoms with Crippen LogP contribution in [0.3, 0.4) is 0 Å². The van der Waals surface area contributed by atoms with E-state index in [0.717, 1.165) is 24.4 Å². The second-order valence-corrected chi connectivity index (χ2v) is 7.00. The van der Waals surface area contributed by atoms with Crippen molar-refractivity contribution in [3.8, 4) is 0 Å². The standard InChI is InChI=1S/C19H19N3OS.ClH/c20-11-18-21-16(12-24-18)19(23)22-10-4-9-17(22)15-8-3-6-13-5-1-2-7-14(13)15;/h1-3,5-8,12,17H,4,9-11,20H2;1H. The summed E-state index contributed by atoms with van der Waals surface area (Å²) in [6.45, 7) is 1.16. The molecule has 0 spiro atoms. The van der Waals surface area contributed by atoms with E-state index in [4.69, 9.17) is 5.73 Å². The van der Waals surface area contributed by atoms with Gasteiger partial charge < -0.3 is 10.6 Å². The topological polar surface area (TPSA) is 59.2 Å². The number of benzene rings is 2. The average molecular weight is 374 g/mol. The molecule has 1 unspecified atom stereocenters. The molecule has 130 valence electrons. The molecule has 0 aliphatic carbocycles. The van der Waals surface area contributed by atoms with Crippen LogP contribution in [0.5, 0.6) is 0 Å². The molecule has 25 heavy (non-hydrogen) atoms. The molecule has 4 nitrogen and oxygen atoms in total. The molecular formula is C19H20ClN3OS. The summed E-state index contributed by atoms with van der Waals surface area (Å²) in [6, 6.07) is 14.8. The number of aromatic nitrogens is 1. The maximum Gasteiger partial charge on any atom is 0.273 e. The van der Waals surface area contributed by atoms with Gasteiger partial charge in [-0.05, 0) is 29.2 Å². The molecule has 1 aliphatic rings. The fourth-order valence-electron chi connectivity index (χ4n) is 3.52. The average Bonchev–Trinajstić information content (AvgIpc) is 3.30. The van der Waals surface area contributed by atoms with Crippen molar-refractivity contribution in [3.63, 3.8) is 0 Å². The van der Waals surface area contributed by atoms with Crippen LogP contribution in [0.2, 0.25) is 0 Å². The van der Waals surface area contributed by atoms with Crippen LogP contribution in [-0.2, 0) is 6.54 Å². The van der Waals surface area contributed by atoms with E-state index in [2.05, 4.69) is 41.4 Å². The van der Waals surface area contributed by atoms with Crippen molar-refractivity contribution in [1.29, 1.82) is 0 Å². The Morgan fingerprint density at radius 2 is 2.04 bits per heavy atom. The van der Waals surface area contributed by atoms with Crippen LogP contribution in [0.15, 0.2) is 47.8 Å². The highest BCUT2D eigenvalue weighted by Gasteiger charge is 2.32. The zero-order valence-electron chi connectivity index (χ0n) is 13.7. The Morgan fingerprint density at radius 3 is 2.84 bits per heavy atom. The molecule has 1 aromatic heterocycles. The number of nitrogens with two attached hydrogens (primary N) is 1. The molecule has 1 fully saturated rings. The van der Waals surface area contributed by atoms with Crippen molar-refractivity contribution in [3.05, 3.63) is 64.1 Å². The van der Waals surface area contributed by atoms with Gasteiger partial charge in [-0.15, -0.1) is 23.7 Å². The van der Waals surface area contributed by atoms with Crippen LogP contribution in [0, 0.1) is 0 Å². The number of halogens is 1. The molecular weight excluding hydrogens is 354 g/mol. The number of fused-ring (bicyclic) bond motifs is 1. The van der Waals surface area contributed by atoms with Gasteiger partial charge in [-0.1, -0.05) is 42.5 Å². The number of hydrogen-bond donors (Lipinski definition) is 1. The van der Waals surface area contributed by atoms with Gasteiger partial charge in [-0.3, -0.25) is 4.79 Å². The van der Waals surface area contributed by atoms with Crippen LogP contribution in [0.25, 0.3) is 10.8 Å². The molecule has 0 bridgehead atoms. The van der Waals surface area contributed by atoms with Gasteiger partial charge in [0, 0.05) is 18.5 Å². The number of carbonyl (C=O) groups excluding carboxylic acids is 1.